The van der Waals surface area contributed by atoms with Gasteiger partial charge in [-0.1, -0.05) is 19.9 Å². The lowest BCUT2D eigenvalue weighted by atomic mass is 10.1. The average molecular weight is 227 g/mol. The Morgan fingerprint density at radius 1 is 1.27 bits per heavy atom. The van der Waals surface area contributed by atoms with Gasteiger partial charge in [0.15, 0.2) is 0 Å². The SMILES string of the molecule is CSc1ccc(C(C)NC(C)C)cc1F. The summed E-state index contributed by atoms with van der Waals surface area (Å²) in [6, 6.07) is 6.04. The Bertz CT molecular complexity index is 325. The van der Waals surface area contributed by atoms with Gasteiger partial charge in [-0.15, -0.1) is 11.8 Å². The summed E-state index contributed by atoms with van der Waals surface area (Å²) in [5, 5.41) is 3.35. The number of benzene rings is 1. The second kappa shape index (κ2) is 5.52. The van der Waals surface area contributed by atoms with Crippen molar-refractivity contribution in [1.29, 1.82) is 0 Å². The van der Waals surface area contributed by atoms with E-state index in [1.165, 1.54) is 11.8 Å². The van der Waals surface area contributed by atoms with Gasteiger partial charge in [0.2, 0.25) is 0 Å². The van der Waals surface area contributed by atoms with Crippen LogP contribution in [0.25, 0.3) is 0 Å². The van der Waals surface area contributed by atoms with Gasteiger partial charge in [-0.25, -0.2) is 4.39 Å². The third-order valence-electron chi connectivity index (χ3n) is 2.26. The topological polar surface area (TPSA) is 12.0 Å². The first-order chi connectivity index (χ1) is 7.04. The van der Waals surface area contributed by atoms with Crippen molar-refractivity contribution >= 4 is 11.8 Å². The third kappa shape index (κ3) is 3.50. The molecule has 1 rings (SSSR count). The minimum atomic E-state index is -0.127. The second-order valence-corrected chi connectivity index (χ2v) is 4.79. The molecule has 1 N–H and O–H groups in total. The molecule has 1 unspecified atom stereocenters. The van der Waals surface area contributed by atoms with E-state index in [4.69, 9.17) is 0 Å². The lowest BCUT2D eigenvalue weighted by Gasteiger charge is -2.17. The summed E-state index contributed by atoms with van der Waals surface area (Å²) in [7, 11) is 0. The van der Waals surface area contributed by atoms with Gasteiger partial charge in [0.25, 0.3) is 0 Å². The summed E-state index contributed by atoms with van der Waals surface area (Å²) in [6.07, 6.45) is 1.88. The van der Waals surface area contributed by atoms with Crippen LogP contribution in [0.2, 0.25) is 0 Å². The van der Waals surface area contributed by atoms with Crippen LogP contribution < -0.4 is 5.32 Å². The van der Waals surface area contributed by atoms with E-state index in [-0.39, 0.29) is 11.9 Å². The van der Waals surface area contributed by atoms with Crippen LogP contribution in [0.3, 0.4) is 0 Å². The van der Waals surface area contributed by atoms with Crippen molar-refractivity contribution in [1.82, 2.24) is 5.32 Å². The van der Waals surface area contributed by atoms with Gasteiger partial charge in [0.1, 0.15) is 5.82 Å². The highest BCUT2D eigenvalue weighted by atomic mass is 32.2. The Kier molecular flexibility index (Phi) is 4.61. The molecule has 1 aromatic rings. The molecule has 0 fully saturated rings. The maximum absolute atomic E-state index is 13.5. The summed E-state index contributed by atoms with van der Waals surface area (Å²) in [5.74, 6) is -0.127. The fourth-order valence-electron chi connectivity index (χ4n) is 1.55. The molecule has 0 aliphatic heterocycles. The highest BCUT2D eigenvalue weighted by Crippen LogP contribution is 2.23. The number of hydrogen-bond acceptors (Lipinski definition) is 2. The van der Waals surface area contributed by atoms with Crippen molar-refractivity contribution in [3.8, 4) is 0 Å². The first kappa shape index (κ1) is 12.5. The van der Waals surface area contributed by atoms with E-state index in [0.29, 0.717) is 10.9 Å². The fraction of sp³-hybridized carbons (Fsp3) is 0.500. The predicted octanol–water partition coefficient (Wildman–Crippen LogP) is 3.61. The summed E-state index contributed by atoms with van der Waals surface area (Å²) >= 11 is 1.43. The Hall–Kier alpha value is -0.540. The van der Waals surface area contributed by atoms with E-state index in [9.17, 15) is 4.39 Å². The number of thioether (sulfide) groups is 1. The Balaban J connectivity index is 2.82. The monoisotopic (exact) mass is 227 g/mol. The van der Waals surface area contributed by atoms with E-state index in [0.717, 1.165) is 5.56 Å². The van der Waals surface area contributed by atoms with Gasteiger partial charge in [-0.2, -0.15) is 0 Å². The van der Waals surface area contributed by atoms with Crippen molar-refractivity contribution in [3.63, 3.8) is 0 Å². The zero-order chi connectivity index (χ0) is 11.4. The number of nitrogens with one attached hydrogen (secondary N) is 1. The first-order valence-corrected chi connectivity index (χ1v) is 6.36. The van der Waals surface area contributed by atoms with Crippen LogP contribution in [0.5, 0.6) is 0 Å². The van der Waals surface area contributed by atoms with Gasteiger partial charge in [-0.05, 0) is 30.9 Å². The fourth-order valence-corrected chi connectivity index (χ4v) is 2.01. The van der Waals surface area contributed by atoms with E-state index in [1.807, 2.05) is 25.3 Å². The maximum atomic E-state index is 13.5. The van der Waals surface area contributed by atoms with E-state index in [1.54, 1.807) is 6.07 Å². The molecule has 15 heavy (non-hydrogen) atoms. The van der Waals surface area contributed by atoms with E-state index < -0.39 is 0 Å². The average Bonchev–Trinajstić information content (AvgIpc) is 2.16. The van der Waals surface area contributed by atoms with Gasteiger partial charge in [-0.3, -0.25) is 0 Å². The van der Waals surface area contributed by atoms with Crippen LogP contribution in [0, 0.1) is 5.82 Å². The maximum Gasteiger partial charge on any atom is 0.137 e. The van der Waals surface area contributed by atoms with Crippen LogP contribution in [0.1, 0.15) is 32.4 Å². The molecule has 1 aromatic carbocycles. The molecular weight excluding hydrogens is 209 g/mol. The van der Waals surface area contributed by atoms with Crippen molar-refractivity contribution in [2.75, 3.05) is 6.26 Å². The number of hydrogen-bond donors (Lipinski definition) is 1. The second-order valence-electron chi connectivity index (χ2n) is 3.94. The molecule has 84 valence electrons. The molecule has 0 heterocycles. The lowest BCUT2D eigenvalue weighted by molar-refractivity contribution is 0.501. The van der Waals surface area contributed by atoms with Gasteiger partial charge >= 0.3 is 0 Å². The highest BCUT2D eigenvalue weighted by molar-refractivity contribution is 7.98. The third-order valence-corrected chi connectivity index (χ3v) is 3.03. The van der Waals surface area contributed by atoms with Gasteiger partial charge in [0.05, 0.1) is 0 Å². The minimum Gasteiger partial charge on any atom is -0.308 e. The van der Waals surface area contributed by atoms with Crippen molar-refractivity contribution in [3.05, 3.63) is 29.6 Å². The molecule has 1 atom stereocenters. The summed E-state index contributed by atoms with van der Waals surface area (Å²) < 4.78 is 13.5. The lowest BCUT2D eigenvalue weighted by Crippen LogP contribution is -2.26. The molecule has 0 aliphatic carbocycles. The molecule has 0 aliphatic rings. The number of rotatable bonds is 4. The highest BCUT2D eigenvalue weighted by Gasteiger charge is 2.09. The minimum absolute atomic E-state index is 0.127. The molecule has 0 bridgehead atoms. The van der Waals surface area contributed by atoms with Crippen LogP contribution >= 0.6 is 11.8 Å². The molecule has 1 nitrogen and oxygen atoms in total. The standard InChI is InChI=1S/C12H18FNS/c1-8(2)14-9(3)10-5-6-12(15-4)11(13)7-10/h5-9,14H,1-4H3. The summed E-state index contributed by atoms with van der Waals surface area (Å²) in [4.78, 5) is 0.704. The van der Waals surface area contributed by atoms with Crippen molar-refractivity contribution in [2.24, 2.45) is 0 Å². The van der Waals surface area contributed by atoms with E-state index >= 15 is 0 Å². The number of halogens is 1. The molecular formula is C12H18FNS. The summed E-state index contributed by atoms with van der Waals surface area (Å²) in [6.45, 7) is 6.22. The van der Waals surface area contributed by atoms with Crippen molar-refractivity contribution < 1.29 is 4.39 Å². The quantitative estimate of drug-likeness (QED) is 0.789. The van der Waals surface area contributed by atoms with Crippen molar-refractivity contribution in [2.45, 2.75) is 37.8 Å². The Morgan fingerprint density at radius 2 is 1.93 bits per heavy atom. The molecule has 0 radical (unpaired) electrons. The van der Waals surface area contributed by atoms with E-state index in [2.05, 4.69) is 19.2 Å². The first-order valence-electron chi connectivity index (χ1n) is 5.14. The van der Waals surface area contributed by atoms with Gasteiger partial charge in [0, 0.05) is 17.0 Å². The van der Waals surface area contributed by atoms with Gasteiger partial charge < -0.3 is 5.32 Å². The molecule has 0 aromatic heterocycles. The van der Waals surface area contributed by atoms with Crippen LogP contribution in [-0.4, -0.2) is 12.3 Å². The molecule has 0 spiro atoms. The summed E-state index contributed by atoms with van der Waals surface area (Å²) in [5.41, 5.74) is 0.999. The predicted molar refractivity (Wildman–Crippen MR) is 64.9 cm³/mol. The normalized spacial score (nSPS) is 13.2. The Morgan fingerprint density at radius 3 is 2.40 bits per heavy atom. The van der Waals surface area contributed by atoms with Crippen LogP contribution in [0.4, 0.5) is 4.39 Å². The Labute approximate surface area is 95.5 Å². The molecule has 3 heteroatoms. The van der Waals surface area contributed by atoms with Crippen LogP contribution in [-0.2, 0) is 0 Å². The van der Waals surface area contributed by atoms with Crippen LogP contribution in [0.15, 0.2) is 23.1 Å². The molecule has 0 saturated carbocycles. The largest absolute Gasteiger partial charge is 0.308 e. The molecule has 0 amide bonds. The zero-order valence-corrected chi connectivity index (χ0v) is 10.5. The zero-order valence-electron chi connectivity index (χ0n) is 9.67. The molecule has 0 saturated heterocycles. The smallest absolute Gasteiger partial charge is 0.137 e.